The number of anilines is 1. The lowest BCUT2D eigenvalue weighted by Gasteiger charge is -2.35. The Morgan fingerprint density at radius 2 is 1.94 bits per heavy atom. The average molecular weight is 440 g/mol. The zero-order chi connectivity index (χ0) is 22.9. The van der Waals surface area contributed by atoms with E-state index in [1.165, 1.54) is 0 Å². The van der Waals surface area contributed by atoms with Crippen LogP contribution in [-0.2, 0) is 9.59 Å². The quantitative estimate of drug-likeness (QED) is 0.556. The molecule has 2 aromatic rings. The van der Waals surface area contributed by atoms with Crippen LogP contribution in [0.15, 0.2) is 48.5 Å². The van der Waals surface area contributed by atoms with E-state index in [4.69, 9.17) is 9.47 Å². The van der Waals surface area contributed by atoms with Crippen LogP contribution in [-0.4, -0.2) is 50.2 Å². The van der Waals surface area contributed by atoms with E-state index in [1.807, 2.05) is 74.2 Å². The second-order valence-electron chi connectivity index (χ2n) is 7.99. The van der Waals surface area contributed by atoms with Crippen molar-refractivity contribution in [3.05, 3.63) is 54.1 Å². The van der Waals surface area contributed by atoms with Crippen molar-refractivity contribution in [2.45, 2.75) is 45.8 Å². The fraction of sp³-hybridized carbons (Fsp3) is 0.440. The molecule has 0 saturated carbocycles. The van der Waals surface area contributed by atoms with Gasteiger partial charge in [0, 0.05) is 6.04 Å². The largest absolute Gasteiger partial charge is 0.492 e. The van der Waals surface area contributed by atoms with E-state index in [2.05, 4.69) is 10.6 Å². The molecule has 2 N–H and O–H groups in total. The van der Waals surface area contributed by atoms with E-state index in [0.29, 0.717) is 25.4 Å². The van der Waals surface area contributed by atoms with Gasteiger partial charge in [-0.1, -0.05) is 38.1 Å². The first-order valence-electron chi connectivity index (χ1n) is 11.3. The number of hydrogen-bond donors (Lipinski definition) is 2. The molecule has 3 rings (SSSR count). The summed E-state index contributed by atoms with van der Waals surface area (Å²) in [6, 6.07) is 15.4. The first-order valence-corrected chi connectivity index (χ1v) is 11.3. The molecule has 1 atom stereocenters. The second-order valence-corrected chi connectivity index (χ2v) is 7.99. The number of carbonyl (C=O) groups is 2. The Morgan fingerprint density at radius 3 is 2.69 bits per heavy atom. The molecule has 1 unspecified atom stereocenters. The van der Waals surface area contributed by atoms with Gasteiger partial charge in [0.15, 0.2) is 6.10 Å². The molecule has 2 aromatic carbocycles. The fourth-order valence-electron chi connectivity index (χ4n) is 3.67. The first-order chi connectivity index (χ1) is 15.5. The van der Waals surface area contributed by atoms with E-state index < -0.39 is 6.10 Å². The lowest BCUT2D eigenvalue weighted by molar-refractivity contribution is -0.129. The minimum absolute atomic E-state index is 0.119. The third kappa shape index (κ3) is 6.39. The molecular weight excluding hydrogens is 406 g/mol. The third-order valence-corrected chi connectivity index (χ3v) is 5.50. The van der Waals surface area contributed by atoms with Gasteiger partial charge in [-0.3, -0.25) is 9.59 Å². The van der Waals surface area contributed by atoms with Gasteiger partial charge in [-0.25, -0.2) is 0 Å². The number of aryl methyl sites for hydroxylation is 1. The number of amides is 2. The van der Waals surface area contributed by atoms with Crippen LogP contribution < -0.4 is 25.0 Å². The zero-order valence-electron chi connectivity index (χ0n) is 19.1. The van der Waals surface area contributed by atoms with Crippen molar-refractivity contribution in [3.63, 3.8) is 0 Å². The van der Waals surface area contributed by atoms with Crippen LogP contribution in [0.25, 0.3) is 0 Å². The van der Waals surface area contributed by atoms with Crippen molar-refractivity contribution in [3.8, 4) is 11.5 Å². The van der Waals surface area contributed by atoms with Crippen LogP contribution in [0.4, 0.5) is 5.69 Å². The topological polar surface area (TPSA) is 79.9 Å². The van der Waals surface area contributed by atoms with E-state index >= 15 is 0 Å². The summed E-state index contributed by atoms with van der Waals surface area (Å²) in [7, 11) is 0. The van der Waals surface area contributed by atoms with Crippen LogP contribution >= 0.6 is 0 Å². The molecule has 7 nitrogen and oxygen atoms in total. The molecule has 2 amide bonds. The van der Waals surface area contributed by atoms with Gasteiger partial charge in [-0.15, -0.1) is 0 Å². The smallest absolute Gasteiger partial charge is 0.263 e. The lowest BCUT2D eigenvalue weighted by Crippen LogP contribution is -2.52. The van der Waals surface area contributed by atoms with E-state index in [0.717, 1.165) is 29.8 Å². The van der Waals surface area contributed by atoms with Crippen LogP contribution in [0.1, 0.15) is 32.3 Å². The molecule has 0 radical (unpaired) electrons. The maximum Gasteiger partial charge on any atom is 0.263 e. The van der Waals surface area contributed by atoms with Crippen molar-refractivity contribution >= 4 is 17.5 Å². The maximum atomic E-state index is 12.8. The van der Waals surface area contributed by atoms with E-state index in [9.17, 15) is 9.59 Å². The number of nitrogens with one attached hydrogen (secondary N) is 2. The van der Waals surface area contributed by atoms with Crippen molar-refractivity contribution in [1.82, 2.24) is 10.6 Å². The molecule has 0 aromatic heterocycles. The van der Waals surface area contributed by atoms with Gasteiger partial charge >= 0.3 is 0 Å². The lowest BCUT2D eigenvalue weighted by atomic mass is 10.1. The fourth-order valence-corrected chi connectivity index (χ4v) is 3.67. The second kappa shape index (κ2) is 11.4. The van der Waals surface area contributed by atoms with Gasteiger partial charge in [0.2, 0.25) is 5.91 Å². The maximum absolute atomic E-state index is 12.8. The summed E-state index contributed by atoms with van der Waals surface area (Å²) >= 11 is 0. The van der Waals surface area contributed by atoms with Gasteiger partial charge in [0.1, 0.15) is 18.1 Å². The van der Waals surface area contributed by atoms with Gasteiger partial charge in [-0.2, -0.15) is 0 Å². The molecule has 0 fully saturated rings. The SMILES string of the molecule is CCC(CC)NC(=O)C1CN(CC(=O)NCCOc2cccc(C)c2)c2ccccc2O1. The van der Waals surface area contributed by atoms with Gasteiger partial charge in [-0.05, 0) is 49.6 Å². The average Bonchev–Trinajstić information content (AvgIpc) is 2.80. The number of hydrogen-bond acceptors (Lipinski definition) is 5. The van der Waals surface area contributed by atoms with Crippen molar-refractivity contribution < 1.29 is 19.1 Å². The van der Waals surface area contributed by atoms with E-state index in [1.54, 1.807) is 0 Å². The number of carbonyl (C=O) groups excluding carboxylic acids is 2. The first kappa shape index (κ1) is 23.4. The minimum Gasteiger partial charge on any atom is -0.492 e. The highest BCUT2D eigenvalue weighted by Gasteiger charge is 2.32. The minimum atomic E-state index is -0.664. The summed E-state index contributed by atoms with van der Waals surface area (Å²) in [4.78, 5) is 27.2. The van der Waals surface area contributed by atoms with Crippen molar-refractivity contribution in [2.24, 2.45) is 0 Å². The summed E-state index contributed by atoms with van der Waals surface area (Å²) in [5, 5.41) is 5.94. The van der Waals surface area contributed by atoms with Crippen LogP contribution in [0.2, 0.25) is 0 Å². The van der Waals surface area contributed by atoms with Crippen LogP contribution in [0.3, 0.4) is 0 Å². The van der Waals surface area contributed by atoms with E-state index in [-0.39, 0.29) is 24.4 Å². The predicted octanol–water partition coefficient (Wildman–Crippen LogP) is 3.06. The Hall–Kier alpha value is -3.22. The number of ether oxygens (including phenoxy) is 2. The molecule has 7 heteroatoms. The Morgan fingerprint density at radius 1 is 1.16 bits per heavy atom. The molecule has 0 bridgehead atoms. The summed E-state index contributed by atoms with van der Waals surface area (Å²) in [5.41, 5.74) is 1.94. The molecule has 0 aliphatic carbocycles. The molecular formula is C25H33N3O4. The Kier molecular flexibility index (Phi) is 8.36. The third-order valence-electron chi connectivity index (χ3n) is 5.50. The molecule has 0 saturated heterocycles. The molecule has 32 heavy (non-hydrogen) atoms. The Labute approximate surface area is 190 Å². The van der Waals surface area contributed by atoms with Crippen molar-refractivity contribution in [1.29, 1.82) is 0 Å². The monoisotopic (exact) mass is 439 g/mol. The predicted molar refractivity (Wildman–Crippen MR) is 125 cm³/mol. The summed E-state index contributed by atoms with van der Waals surface area (Å²) in [5.74, 6) is 1.12. The van der Waals surface area contributed by atoms with Gasteiger partial charge < -0.3 is 25.0 Å². The number of nitrogens with zero attached hydrogens (tertiary/aromatic N) is 1. The normalized spacial score (nSPS) is 15.0. The highest BCUT2D eigenvalue weighted by Crippen LogP contribution is 2.32. The van der Waals surface area contributed by atoms with Crippen LogP contribution in [0, 0.1) is 6.92 Å². The van der Waals surface area contributed by atoms with Crippen LogP contribution in [0.5, 0.6) is 11.5 Å². The molecule has 1 heterocycles. The summed E-state index contributed by atoms with van der Waals surface area (Å²) in [6.45, 7) is 7.34. The number of rotatable bonds is 10. The molecule has 1 aliphatic rings. The highest BCUT2D eigenvalue weighted by molar-refractivity contribution is 5.86. The standard InChI is InChI=1S/C25H33N3O4/c1-4-19(5-2)27-25(30)23-16-28(21-11-6-7-12-22(21)32-23)17-24(29)26-13-14-31-20-10-8-9-18(3)15-20/h6-12,15,19,23H,4-5,13-14,16-17H2,1-3H3,(H,26,29)(H,27,30). The summed E-state index contributed by atoms with van der Waals surface area (Å²) in [6.07, 6.45) is 1.06. The molecule has 172 valence electrons. The number of fused-ring (bicyclic) bond motifs is 1. The summed E-state index contributed by atoms with van der Waals surface area (Å²) < 4.78 is 11.6. The number of benzene rings is 2. The van der Waals surface area contributed by atoms with Crippen molar-refractivity contribution in [2.75, 3.05) is 31.1 Å². The Balaban J connectivity index is 1.55. The molecule has 1 aliphatic heterocycles. The highest BCUT2D eigenvalue weighted by atomic mass is 16.5. The number of para-hydroxylation sites is 2. The Bertz CT molecular complexity index is 914. The van der Waals surface area contributed by atoms with Gasteiger partial charge in [0.05, 0.1) is 25.3 Å². The zero-order valence-corrected chi connectivity index (χ0v) is 19.1. The molecule has 0 spiro atoms. The van der Waals surface area contributed by atoms with Gasteiger partial charge in [0.25, 0.3) is 5.91 Å².